The Bertz CT molecular complexity index is 540. The molecule has 1 amide bonds. The van der Waals surface area contributed by atoms with Gasteiger partial charge in [-0.3, -0.25) is 9.59 Å². The average molecular weight is 288 g/mol. The highest BCUT2D eigenvalue weighted by molar-refractivity contribution is 6.38. The topological polar surface area (TPSA) is 86.1 Å². The van der Waals surface area contributed by atoms with Crippen molar-refractivity contribution < 1.29 is 9.59 Å². The summed E-state index contributed by atoms with van der Waals surface area (Å²) in [6, 6.07) is 7.25. The van der Waals surface area contributed by atoms with E-state index in [0.29, 0.717) is 5.56 Å². The number of hydrogen-bond acceptors (Lipinski definition) is 3. The first kappa shape index (κ1) is 16.7. The van der Waals surface area contributed by atoms with Gasteiger partial charge >= 0.3 is 0 Å². The predicted molar refractivity (Wildman–Crippen MR) is 80.5 cm³/mol. The van der Waals surface area contributed by atoms with E-state index in [1.807, 2.05) is 27.7 Å². The second kappa shape index (κ2) is 7.45. The van der Waals surface area contributed by atoms with Crippen molar-refractivity contribution >= 4 is 11.7 Å². The van der Waals surface area contributed by atoms with Crippen molar-refractivity contribution in [3.63, 3.8) is 0 Å². The zero-order chi connectivity index (χ0) is 16.0. The Morgan fingerprint density at radius 2 is 1.62 bits per heavy atom. The predicted octanol–water partition coefficient (Wildman–Crippen LogP) is 3.25. The number of carbonyl (C=O) groups is 2. The van der Waals surface area contributed by atoms with E-state index in [2.05, 4.69) is 10.0 Å². The van der Waals surface area contributed by atoms with Crippen molar-refractivity contribution in [2.24, 2.45) is 5.11 Å². The van der Waals surface area contributed by atoms with Crippen molar-refractivity contribution in [2.75, 3.05) is 0 Å². The molecule has 1 atom stereocenters. The highest BCUT2D eigenvalue weighted by Gasteiger charge is 2.32. The van der Waals surface area contributed by atoms with E-state index in [1.54, 1.807) is 30.3 Å². The Labute approximate surface area is 124 Å². The molecule has 0 aliphatic rings. The molecule has 1 unspecified atom stereocenters. The molecule has 0 aliphatic carbocycles. The molecule has 21 heavy (non-hydrogen) atoms. The molecule has 0 bridgehead atoms. The van der Waals surface area contributed by atoms with E-state index in [-0.39, 0.29) is 12.1 Å². The number of carbonyl (C=O) groups excluding carboxylic acids is 2. The Morgan fingerprint density at radius 1 is 1.10 bits per heavy atom. The molecule has 0 aliphatic heterocycles. The van der Waals surface area contributed by atoms with Crippen molar-refractivity contribution in [2.45, 2.75) is 45.8 Å². The Morgan fingerprint density at radius 3 is 2.05 bits per heavy atom. The summed E-state index contributed by atoms with van der Waals surface area (Å²) in [6.07, 6.45) is 0. The van der Waals surface area contributed by atoms with Gasteiger partial charge in [0.2, 0.25) is 5.78 Å². The molecule has 1 aromatic rings. The molecule has 1 aromatic carbocycles. The van der Waals surface area contributed by atoms with Gasteiger partial charge < -0.3 is 4.90 Å². The quantitative estimate of drug-likeness (QED) is 0.348. The van der Waals surface area contributed by atoms with Crippen LogP contribution in [0.25, 0.3) is 10.4 Å². The van der Waals surface area contributed by atoms with E-state index in [0.717, 1.165) is 0 Å². The first-order valence-electron chi connectivity index (χ1n) is 6.85. The van der Waals surface area contributed by atoms with E-state index in [4.69, 9.17) is 5.53 Å². The van der Waals surface area contributed by atoms with Gasteiger partial charge in [-0.2, -0.15) is 0 Å². The summed E-state index contributed by atoms with van der Waals surface area (Å²) in [6.45, 7) is 7.37. The van der Waals surface area contributed by atoms with E-state index in [1.165, 1.54) is 4.90 Å². The van der Waals surface area contributed by atoms with Gasteiger partial charge in [-0.15, -0.1) is 0 Å². The number of benzene rings is 1. The van der Waals surface area contributed by atoms with Gasteiger partial charge in [0.05, 0.1) is 0 Å². The maximum atomic E-state index is 12.4. The number of rotatable bonds is 6. The van der Waals surface area contributed by atoms with Gasteiger partial charge in [0.15, 0.2) is 0 Å². The lowest BCUT2D eigenvalue weighted by Crippen LogP contribution is -2.46. The maximum Gasteiger partial charge on any atom is 0.291 e. The van der Waals surface area contributed by atoms with Crippen LogP contribution in [0.5, 0.6) is 0 Å². The van der Waals surface area contributed by atoms with Gasteiger partial charge in [0.25, 0.3) is 5.91 Å². The summed E-state index contributed by atoms with van der Waals surface area (Å²) in [5.74, 6) is -1.33. The SMILES string of the molecule is CC(C)N(C(=O)C(=O)C(N=[N+]=[N-])c1ccccc1)C(C)C. The minimum absolute atomic E-state index is 0.107. The second-order valence-electron chi connectivity index (χ2n) is 5.28. The van der Waals surface area contributed by atoms with Crippen molar-refractivity contribution in [3.8, 4) is 0 Å². The molecule has 0 heterocycles. The highest BCUT2D eigenvalue weighted by atomic mass is 16.2. The highest BCUT2D eigenvalue weighted by Crippen LogP contribution is 2.21. The van der Waals surface area contributed by atoms with Crippen LogP contribution in [0, 0.1) is 0 Å². The standard InChI is InChI=1S/C15H20N4O2/c1-10(2)19(11(3)4)15(21)14(20)13(17-18-16)12-8-6-5-7-9-12/h5-11,13H,1-4H3. The third-order valence-electron chi connectivity index (χ3n) is 3.09. The number of Topliss-reactive ketones (excluding diaryl/α,β-unsaturated/α-hetero) is 1. The Balaban J connectivity index is 3.12. The number of amides is 1. The summed E-state index contributed by atoms with van der Waals surface area (Å²) in [4.78, 5) is 29.0. The average Bonchev–Trinajstić information content (AvgIpc) is 2.44. The summed E-state index contributed by atoms with van der Waals surface area (Å²) in [5.41, 5.74) is 9.18. The molecule has 6 nitrogen and oxygen atoms in total. The lowest BCUT2D eigenvalue weighted by molar-refractivity contribution is -0.147. The van der Waals surface area contributed by atoms with Gasteiger partial charge in [0, 0.05) is 17.0 Å². The fourth-order valence-electron chi connectivity index (χ4n) is 2.27. The molecule has 0 saturated heterocycles. The molecule has 1 rings (SSSR count). The van der Waals surface area contributed by atoms with Gasteiger partial charge in [0.1, 0.15) is 6.04 Å². The molecular formula is C15H20N4O2. The lowest BCUT2D eigenvalue weighted by Gasteiger charge is -2.30. The van der Waals surface area contributed by atoms with Crippen molar-refractivity contribution in [1.82, 2.24) is 4.90 Å². The molecule has 0 N–H and O–H groups in total. The third-order valence-corrected chi connectivity index (χ3v) is 3.09. The van der Waals surface area contributed by atoms with Crippen LogP contribution in [-0.4, -0.2) is 28.7 Å². The molecular weight excluding hydrogens is 268 g/mol. The van der Waals surface area contributed by atoms with Crippen molar-refractivity contribution in [1.29, 1.82) is 0 Å². The minimum Gasteiger partial charge on any atom is -0.331 e. The van der Waals surface area contributed by atoms with Crippen LogP contribution in [-0.2, 0) is 9.59 Å². The maximum absolute atomic E-state index is 12.4. The molecule has 0 fully saturated rings. The van der Waals surface area contributed by atoms with E-state index in [9.17, 15) is 9.59 Å². The number of hydrogen-bond donors (Lipinski definition) is 0. The second-order valence-corrected chi connectivity index (χ2v) is 5.28. The lowest BCUT2D eigenvalue weighted by atomic mass is 10.0. The van der Waals surface area contributed by atoms with Crippen LogP contribution in [0.15, 0.2) is 35.4 Å². The van der Waals surface area contributed by atoms with Crippen LogP contribution in [0.3, 0.4) is 0 Å². The van der Waals surface area contributed by atoms with E-state index >= 15 is 0 Å². The summed E-state index contributed by atoms with van der Waals surface area (Å²) in [5, 5.41) is 3.50. The van der Waals surface area contributed by atoms with Crippen LogP contribution in [0.4, 0.5) is 0 Å². The molecule has 6 heteroatoms. The zero-order valence-electron chi connectivity index (χ0n) is 12.7. The van der Waals surface area contributed by atoms with E-state index < -0.39 is 17.7 Å². The normalized spacial score (nSPS) is 11.9. The first-order valence-corrected chi connectivity index (χ1v) is 6.85. The summed E-state index contributed by atoms with van der Waals surface area (Å²) in [7, 11) is 0. The Kier molecular flexibility index (Phi) is 5.93. The first-order chi connectivity index (χ1) is 9.90. The smallest absolute Gasteiger partial charge is 0.291 e. The van der Waals surface area contributed by atoms with Gasteiger partial charge in [-0.25, -0.2) is 0 Å². The molecule has 0 radical (unpaired) electrons. The Hall–Kier alpha value is -2.33. The molecule has 0 spiro atoms. The van der Waals surface area contributed by atoms with Crippen LogP contribution < -0.4 is 0 Å². The zero-order valence-corrected chi connectivity index (χ0v) is 12.7. The molecule has 112 valence electrons. The van der Waals surface area contributed by atoms with Gasteiger partial charge in [-0.05, 0) is 38.8 Å². The fourth-order valence-corrected chi connectivity index (χ4v) is 2.27. The van der Waals surface area contributed by atoms with Crippen molar-refractivity contribution in [3.05, 3.63) is 46.3 Å². The third kappa shape index (κ3) is 4.07. The number of ketones is 1. The van der Waals surface area contributed by atoms with Crippen LogP contribution in [0.1, 0.15) is 39.3 Å². The number of azide groups is 1. The van der Waals surface area contributed by atoms with Gasteiger partial charge in [-0.1, -0.05) is 35.4 Å². The number of nitrogens with zero attached hydrogens (tertiary/aromatic N) is 4. The molecule has 0 aromatic heterocycles. The summed E-state index contributed by atoms with van der Waals surface area (Å²) < 4.78 is 0. The molecule has 0 saturated carbocycles. The monoisotopic (exact) mass is 288 g/mol. The largest absolute Gasteiger partial charge is 0.331 e. The van der Waals surface area contributed by atoms with Crippen LogP contribution in [0.2, 0.25) is 0 Å². The summed E-state index contributed by atoms with van der Waals surface area (Å²) >= 11 is 0. The fraction of sp³-hybridized carbons (Fsp3) is 0.467. The minimum atomic E-state index is -1.12. The van der Waals surface area contributed by atoms with Crippen LogP contribution >= 0.6 is 0 Å².